The lowest BCUT2D eigenvalue weighted by Gasteiger charge is -2.12. The molecule has 0 amide bonds. The van der Waals surface area contributed by atoms with Crippen molar-refractivity contribution < 1.29 is 0 Å². The van der Waals surface area contributed by atoms with Crippen LogP contribution in [0.15, 0.2) is 46.7 Å². The van der Waals surface area contributed by atoms with E-state index in [1.807, 2.05) is 26.0 Å². The number of thioether (sulfide) groups is 2. The Morgan fingerprint density at radius 1 is 1.04 bits per heavy atom. The SMILES string of the molecule is CCn1c(CSc2nc(C)cc(C)n2)nnc1SC(C)c1ccccc1. The van der Waals surface area contributed by atoms with Crippen molar-refractivity contribution in [2.75, 3.05) is 0 Å². The van der Waals surface area contributed by atoms with Gasteiger partial charge < -0.3 is 4.57 Å². The third-order valence-electron chi connectivity index (χ3n) is 3.95. The Labute approximate surface area is 163 Å². The highest BCUT2D eigenvalue weighted by molar-refractivity contribution is 7.99. The predicted octanol–water partition coefficient (Wildman–Crippen LogP) is 4.85. The number of rotatable bonds is 7. The molecule has 2 aromatic heterocycles. The van der Waals surface area contributed by atoms with Gasteiger partial charge in [-0.2, -0.15) is 0 Å². The summed E-state index contributed by atoms with van der Waals surface area (Å²) in [5.41, 5.74) is 3.28. The van der Waals surface area contributed by atoms with Gasteiger partial charge >= 0.3 is 0 Å². The normalized spacial score (nSPS) is 12.3. The number of nitrogens with zero attached hydrogens (tertiary/aromatic N) is 5. The van der Waals surface area contributed by atoms with Crippen LogP contribution < -0.4 is 0 Å². The maximum absolute atomic E-state index is 4.49. The van der Waals surface area contributed by atoms with Gasteiger partial charge in [-0.25, -0.2) is 9.97 Å². The Balaban J connectivity index is 1.71. The van der Waals surface area contributed by atoms with E-state index in [9.17, 15) is 0 Å². The average Bonchev–Trinajstić information content (AvgIpc) is 3.01. The van der Waals surface area contributed by atoms with E-state index in [1.54, 1.807) is 23.5 Å². The predicted molar refractivity (Wildman–Crippen MR) is 107 cm³/mol. The van der Waals surface area contributed by atoms with Gasteiger partial charge in [0.1, 0.15) is 5.82 Å². The lowest BCUT2D eigenvalue weighted by atomic mass is 10.2. The van der Waals surface area contributed by atoms with Crippen LogP contribution in [0.3, 0.4) is 0 Å². The summed E-state index contributed by atoms with van der Waals surface area (Å²) < 4.78 is 2.18. The van der Waals surface area contributed by atoms with Crippen LogP contribution in [0.4, 0.5) is 0 Å². The van der Waals surface area contributed by atoms with Crippen LogP contribution in [0.25, 0.3) is 0 Å². The van der Waals surface area contributed by atoms with E-state index in [-0.39, 0.29) is 0 Å². The summed E-state index contributed by atoms with van der Waals surface area (Å²) >= 11 is 3.35. The first-order chi connectivity index (χ1) is 12.6. The molecule has 0 saturated heterocycles. The molecule has 1 unspecified atom stereocenters. The third kappa shape index (κ3) is 4.65. The molecule has 5 nitrogen and oxygen atoms in total. The van der Waals surface area contributed by atoms with Crippen molar-refractivity contribution in [1.82, 2.24) is 24.7 Å². The van der Waals surface area contributed by atoms with E-state index in [4.69, 9.17) is 0 Å². The first-order valence-electron chi connectivity index (χ1n) is 8.65. The largest absolute Gasteiger partial charge is 0.306 e. The van der Waals surface area contributed by atoms with Crippen molar-refractivity contribution in [1.29, 1.82) is 0 Å². The molecule has 1 aromatic carbocycles. The minimum Gasteiger partial charge on any atom is -0.306 e. The molecule has 0 fully saturated rings. The maximum atomic E-state index is 4.49. The van der Waals surface area contributed by atoms with Crippen LogP contribution in [-0.2, 0) is 12.3 Å². The fraction of sp³-hybridized carbons (Fsp3) is 0.368. The van der Waals surface area contributed by atoms with Crippen molar-refractivity contribution in [3.63, 3.8) is 0 Å². The van der Waals surface area contributed by atoms with Crippen molar-refractivity contribution in [2.45, 2.75) is 55.6 Å². The standard InChI is InChI=1S/C19H23N5S2/c1-5-24-17(12-25-18-20-13(2)11-14(3)21-18)22-23-19(24)26-15(4)16-9-7-6-8-10-16/h6-11,15H,5,12H2,1-4H3. The fourth-order valence-corrected chi connectivity index (χ4v) is 4.62. The van der Waals surface area contributed by atoms with Gasteiger partial charge in [0.2, 0.25) is 0 Å². The smallest absolute Gasteiger partial charge is 0.191 e. The molecule has 0 aliphatic rings. The second-order valence-electron chi connectivity index (χ2n) is 6.04. The van der Waals surface area contributed by atoms with Crippen LogP contribution in [0, 0.1) is 13.8 Å². The molecular formula is C19H23N5S2. The first kappa shape index (κ1) is 18.9. The van der Waals surface area contributed by atoms with Gasteiger partial charge in [0.05, 0.1) is 5.75 Å². The van der Waals surface area contributed by atoms with E-state index >= 15 is 0 Å². The number of aromatic nitrogens is 5. The number of hydrogen-bond acceptors (Lipinski definition) is 6. The molecule has 0 aliphatic carbocycles. The second-order valence-corrected chi connectivity index (χ2v) is 8.29. The van der Waals surface area contributed by atoms with Crippen molar-refractivity contribution in [3.05, 3.63) is 59.2 Å². The molecule has 0 radical (unpaired) electrons. The van der Waals surface area contributed by atoms with Crippen molar-refractivity contribution in [2.24, 2.45) is 0 Å². The molecule has 0 spiro atoms. The summed E-state index contributed by atoms with van der Waals surface area (Å²) in [6.07, 6.45) is 0. The number of hydrogen-bond donors (Lipinski definition) is 0. The molecule has 3 aromatic rings. The highest BCUT2D eigenvalue weighted by Crippen LogP contribution is 2.34. The Morgan fingerprint density at radius 3 is 2.38 bits per heavy atom. The Bertz CT molecular complexity index is 843. The zero-order valence-corrected chi connectivity index (χ0v) is 17.1. The third-order valence-corrected chi connectivity index (χ3v) is 5.93. The van der Waals surface area contributed by atoms with Gasteiger partial charge in [0.25, 0.3) is 0 Å². The van der Waals surface area contributed by atoms with E-state index in [1.165, 1.54) is 5.56 Å². The van der Waals surface area contributed by atoms with E-state index in [0.717, 1.165) is 34.1 Å². The number of aryl methyl sites for hydroxylation is 2. The Hall–Kier alpha value is -1.86. The Kier molecular flexibility index (Phi) is 6.32. The van der Waals surface area contributed by atoms with Crippen LogP contribution >= 0.6 is 23.5 Å². The molecule has 136 valence electrons. The molecule has 0 bridgehead atoms. The molecular weight excluding hydrogens is 362 g/mol. The summed E-state index contributed by atoms with van der Waals surface area (Å²) in [7, 11) is 0. The van der Waals surface area contributed by atoms with Crippen LogP contribution in [0.1, 0.15) is 41.9 Å². The minimum absolute atomic E-state index is 0.328. The molecule has 1 atom stereocenters. The van der Waals surface area contributed by atoms with Gasteiger partial charge in [0.15, 0.2) is 10.3 Å². The lowest BCUT2D eigenvalue weighted by Crippen LogP contribution is -2.03. The first-order valence-corrected chi connectivity index (χ1v) is 10.5. The van der Waals surface area contributed by atoms with E-state index in [2.05, 4.69) is 62.8 Å². The summed E-state index contributed by atoms with van der Waals surface area (Å²) in [6, 6.07) is 12.5. The van der Waals surface area contributed by atoms with Gasteiger partial charge in [0, 0.05) is 23.2 Å². The van der Waals surface area contributed by atoms with E-state index in [0.29, 0.717) is 11.0 Å². The van der Waals surface area contributed by atoms with Gasteiger partial charge in [-0.15, -0.1) is 10.2 Å². The monoisotopic (exact) mass is 385 g/mol. The molecule has 0 N–H and O–H groups in total. The summed E-state index contributed by atoms with van der Waals surface area (Å²) in [5, 5.41) is 10.9. The molecule has 2 heterocycles. The minimum atomic E-state index is 0.328. The highest BCUT2D eigenvalue weighted by atomic mass is 32.2. The molecule has 26 heavy (non-hydrogen) atoms. The topological polar surface area (TPSA) is 56.5 Å². The van der Waals surface area contributed by atoms with Crippen LogP contribution in [0.5, 0.6) is 0 Å². The maximum Gasteiger partial charge on any atom is 0.191 e. The highest BCUT2D eigenvalue weighted by Gasteiger charge is 2.16. The van der Waals surface area contributed by atoms with Crippen molar-refractivity contribution >= 4 is 23.5 Å². The average molecular weight is 386 g/mol. The van der Waals surface area contributed by atoms with Crippen LogP contribution in [-0.4, -0.2) is 24.7 Å². The molecule has 7 heteroatoms. The quantitative estimate of drug-likeness (QED) is 0.428. The van der Waals surface area contributed by atoms with Crippen LogP contribution in [0.2, 0.25) is 0 Å². The van der Waals surface area contributed by atoms with Gasteiger partial charge in [-0.05, 0) is 39.3 Å². The molecule has 0 saturated carbocycles. The fourth-order valence-electron chi connectivity index (χ4n) is 2.67. The summed E-state index contributed by atoms with van der Waals surface area (Å²) in [6.45, 7) is 9.16. The molecule has 3 rings (SSSR count). The Morgan fingerprint density at radius 2 is 1.73 bits per heavy atom. The van der Waals surface area contributed by atoms with Crippen molar-refractivity contribution in [3.8, 4) is 0 Å². The number of benzene rings is 1. The summed E-state index contributed by atoms with van der Waals surface area (Å²) in [5.74, 6) is 1.67. The zero-order chi connectivity index (χ0) is 18.5. The lowest BCUT2D eigenvalue weighted by molar-refractivity contribution is 0.657. The van der Waals surface area contributed by atoms with Gasteiger partial charge in [-0.3, -0.25) is 0 Å². The molecule has 0 aliphatic heterocycles. The second kappa shape index (κ2) is 8.68. The zero-order valence-electron chi connectivity index (χ0n) is 15.5. The van der Waals surface area contributed by atoms with Gasteiger partial charge in [-0.1, -0.05) is 53.9 Å². The van der Waals surface area contributed by atoms with E-state index < -0.39 is 0 Å². The summed E-state index contributed by atoms with van der Waals surface area (Å²) in [4.78, 5) is 8.98.